The van der Waals surface area contributed by atoms with Crippen molar-refractivity contribution in [3.8, 4) is 16.9 Å². The number of carboxylic acids is 1. The number of benzene rings is 1. The van der Waals surface area contributed by atoms with E-state index in [1.165, 1.54) is 18.2 Å². The topological polar surface area (TPSA) is 95.8 Å². The van der Waals surface area contributed by atoms with Crippen LogP contribution in [0.4, 0.5) is 14.7 Å². The van der Waals surface area contributed by atoms with E-state index in [2.05, 4.69) is 15.3 Å². The van der Waals surface area contributed by atoms with Crippen molar-refractivity contribution in [3.63, 3.8) is 0 Å². The summed E-state index contributed by atoms with van der Waals surface area (Å²) >= 11 is 0. The van der Waals surface area contributed by atoms with Gasteiger partial charge < -0.3 is 15.4 Å². The zero-order chi connectivity index (χ0) is 23.4. The Kier molecular flexibility index (Phi) is 4.86. The van der Waals surface area contributed by atoms with Crippen molar-refractivity contribution in [1.82, 2.24) is 19.5 Å². The number of carboxylic acid groups (broad SMARTS) is 1. The number of halogens is 2. The molecule has 3 aromatic heterocycles. The van der Waals surface area contributed by atoms with Gasteiger partial charge in [0.15, 0.2) is 0 Å². The maximum Gasteiger partial charge on any atom is 0.308 e. The molecular weight excluding hydrogens is 440 g/mol. The number of nitrogens with one attached hydrogen (secondary N) is 2. The second kappa shape index (κ2) is 7.93. The van der Waals surface area contributed by atoms with Crippen LogP contribution in [0.1, 0.15) is 25.7 Å². The van der Waals surface area contributed by atoms with Gasteiger partial charge in [0.2, 0.25) is 5.95 Å². The molecule has 0 saturated heterocycles. The molecule has 2 bridgehead atoms. The summed E-state index contributed by atoms with van der Waals surface area (Å²) < 4.78 is 29.3. The van der Waals surface area contributed by atoms with Crippen molar-refractivity contribution in [2.45, 2.75) is 31.7 Å². The van der Waals surface area contributed by atoms with Gasteiger partial charge in [0, 0.05) is 35.1 Å². The zero-order valence-electron chi connectivity index (χ0n) is 18.2. The first kappa shape index (κ1) is 20.8. The van der Waals surface area contributed by atoms with E-state index in [0.29, 0.717) is 33.9 Å². The van der Waals surface area contributed by atoms with Gasteiger partial charge in [-0.05, 0) is 67.9 Å². The lowest BCUT2D eigenvalue weighted by Crippen LogP contribution is -2.51. The van der Waals surface area contributed by atoms with E-state index < -0.39 is 17.7 Å². The van der Waals surface area contributed by atoms with E-state index in [0.717, 1.165) is 31.9 Å². The standard InChI is InChI=1S/C25H23F2N5O2/c26-15-5-7-17(8-6-15)32-12-20(19-11-29-23-18(19)9-16(27)10-28-23)30-25(32)31-22-14-3-1-13(2-4-14)21(22)24(33)34/h5-14,21-22H,1-4H2,(H,28,29)(H,30,31)(H,33,34)/t13?,14?,21-,22?/m0/s1. The van der Waals surface area contributed by atoms with E-state index in [4.69, 9.17) is 4.98 Å². The number of aromatic nitrogens is 4. The number of pyridine rings is 1. The molecule has 3 fully saturated rings. The minimum absolute atomic E-state index is 0.149. The second-order valence-corrected chi connectivity index (χ2v) is 9.26. The lowest BCUT2D eigenvalue weighted by Gasteiger charge is -2.47. The molecule has 0 radical (unpaired) electrons. The first-order valence-corrected chi connectivity index (χ1v) is 11.5. The molecule has 0 aliphatic heterocycles. The smallest absolute Gasteiger partial charge is 0.308 e. The number of H-pyrrole nitrogens is 1. The third-order valence-corrected chi connectivity index (χ3v) is 7.38. The summed E-state index contributed by atoms with van der Waals surface area (Å²) in [6, 6.07) is 7.17. The Morgan fingerprint density at radius 2 is 1.82 bits per heavy atom. The van der Waals surface area contributed by atoms with Gasteiger partial charge in [-0.15, -0.1) is 0 Å². The normalized spacial score (nSPS) is 23.9. The van der Waals surface area contributed by atoms with Gasteiger partial charge in [-0.3, -0.25) is 9.36 Å². The Balaban J connectivity index is 1.45. The molecule has 3 N–H and O–H groups in total. The summed E-state index contributed by atoms with van der Waals surface area (Å²) in [4.78, 5) is 24.1. The molecule has 9 heteroatoms. The molecule has 7 nitrogen and oxygen atoms in total. The molecule has 0 spiro atoms. The summed E-state index contributed by atoms with van der Waals surface area (Å²) in [5, 5.41) is 14.0. The van der Waals surface area contributed by atoms with Crippen LogP contribution in [0.3, 0.4) is 0 Å². The average Bonchev–Trinajstić information content (AvgIpc) is 3.44. The zero-order valence-corrected chi connectivity index (χ0v) is 18.2. The number of rotatable bonds is 5. The highest BCUT2D eigenvalue weighted by atomic mass is 19.1. The molecule has 34 heavy (non-hydrogen) atoms. The average molecular weight is 463 g/mol. The Labute approximate surface area is 193 Å². The number of aromatic amines is 1. The summed E-state index contributed by atoms with van der Waals surface area (Å²) in [5.41, 5.74) is 2.46. The Morgan fingerprint density at radius 3 is 2.56 bits per heavy atom. The maximum atomic E-state index is 13.9. The predicted octanol–water partition coefficient (Wildman–Crippen LogP) is 5.00. The maximum absolute atomic E-state index is 13.9. The lowest BCUT2D eigenvalue weighted by molar-refractivity contribution is -0.148. The molecule has 3 aliphatic rings. The van der Waals surface area contributed by atoms with Gasteiger partial charge in [-0.1, -0.05) is 0 Å². The number of hydrogen-bond donors (Lipinski definition) is 3. The summed E-state index contributed by atoms with van der Waals surface area (Å²) in [5.74, 6) is -1.20. The van der Waals surface area contributed by atoms with Crippen molar-refractivity contribution in [3.05, 3.63) is 60.6 Å². The number of imidazole rings is 1. The number of nitrogens with zero attached hydrogens (tertiary/aromatic N) is 3. The van der Waals surface area contributed by atoms with Crippen LogP contribution >= 0.6 is 0 Å². The molecule has 1 aromatic carbocycles. The predicted molar refractivity (Wildman–Crippen MR) is 123 cm³/mol. The minimum atomic E-state index is -0.787. The van der Waals surface area contributed by atoms with Crippen LogP contribution in [-0.2, 0) is 4.79 Å². The largest absolute Gasteiger partial charge is 0.481 e. The fourth-order valence-electron chi connectivity index (χ4n) is 5.76. The monoisotopic (exact) mass is 463 g/mol. The molecule has 4 aromatic rings. The van der Waals surface area contributed by atoms with Crippen molar-refractivity contribution in [2.75, 3.05) is 5.32 Å². The fraction of sp³-hybridized carbons (Fsp3) is 0.320. The number of hydrogen-bond acceptors (Lipinski definition) is 4. The van der Waals surface area contributed by atoms with Crippen molar-refractivity contribution >= 4 is 23.0 Å². The number of anilines is 1. The molecular formula is C25H23F2N5O2. The van der Waals surface area contributed by atoms with E-state index in [9.17, 15) is 18.7 Å². The third kappa shape index (κ3) is 3.43. The number of carbonyl (C=O) groups is 1. The third-order valence-electron chi connectivity index (χ3n) is 7.38. The van der Waals surface area contributed by atoms with E-state index in [1.54, 1.807) is 29.1 Å². The van der Waals surface area contributed by atoms with Gasteiger partial charge in [0.1, 0.15) is 17.3 Å². The van der Waals surface area contributed by atoms with E-state index >= 15 is 0 Å². The highest BCUT2D eigenvalue weighted by molar-refractivity contribution is 5.92. The molecule has 7 rings (SSSR count). The molecule has 3 aliphatic carbocycles. The molecule has 2 atom stereocenters. The molecule has 174 valence electrons. The van der Waals surface area contributed by atoms with E-state index in [1.807, 2.05) is 0 Å². The summed E-state index contributed by atoms with van der Waals surface area (Å²) in [6.45, 7) is 0. The Bertz CT molecular complexity index is 1370. The van der Waals surface area contributed by atoms with E-state index in [-0.39, 0.29) is 23.7 Å². The van der Waals surface area contributed by atoms with Crippen molar-refractivity contribution in [2.24, 2.45) is 17.8 Å². The van der Waals surface area contributed by atoms with Gasteiger partial charge in [0.05, 0.1) is 17.8 Å². The molecule has 3 saturated carbocycles. The highest BCUT2D eigenvalue weighted by Gasteiger charge is 2.47. The molecule has 3 heterocycles. The first-order chi connectivity index (χ1) is 16.5. The van der Waals surface area contributed by atoms with Crippen LogP contribution in [0.2, 0.25) is 0 Å². The van der Waals surface area contributed by atoms with Crippen molar-refractivity contribution < 1.29 is 18.7 Å². The summed E-state index contributed by atoms with van der Waals surface area (Å²) in [6.07, 6.45) is 8.52. The highest BCUT2D eigenvalue weighted by Crippen LogP contribution is 2.46. The Morgan fingerprint density at radius 1 is 1.09 bits per heavy atom. The van der Waals surface area contributed by atoms with Gasteiger partial charge >= 0.3 is 5.97 Å². The fourth-order valence-corrected chi connectivity index (χ4v) is 5.76. The quantitative estimate of drug-likeness (QED) is 0.387. The summed E-state index contributed by atoms with van der Waals surface area (Å²) in [7, 11) is 0. The Hall–Kier alpha value is -3.75. The van der Waals surface area contributed by atoms with Crippen LogP contribution in [0.5, 0.6) is 0 Å². The van der Waals surface area contributed by atoms with Gasteiger partial charge in [-0.2, -0.15) is 0 Å². The minimum Gasteiger partial charge on any atom is -0.481 e. The van der Waals surface area contributed by atoms with Crippen LogP contribution in [0.15, 0.2) is 48.9 Å². The van der Waals surface area contributed by atoms with Crippen molar-refractivity contribution in [1.29, 1.82) is 0 Å². The van der Waals surface area contributed by atoms with Crippen LogP contribution in [-0.4, -0.2) is 36.6 Å². The van der Waals surface area contributed by atoms with Crippen LogP contribution in [0.25, 0.3) is 28.0 Å². The van der Waals surface area contributed by atoms with Gasteiger partial charge in [-0.25, -0.2) is 18.7 Å². The number of fused-ring (bicyclic) bond motifs is 4. The van der Waals surface area contributed by atoms with Gasteiger partial charge in [0.25, 0.3) is 0 Å². The first-order valence-electron chi connectivity index (χ1n) is 11.5. The SMILES string of the molecule is O=C(O)[C@H]1C2CCC(CC2)C1Nc1nc(-c2c[nH]c3ncc(F)cc23)cn1-c1ccc(F)cc1. The number of aliphatic carboxylic acids is 1. The molecule has 0 amide bonds. The van der Waals surface area contributed by atoms with Crippen LogP contribution in [0, 0.1) is 29.4 Å². The molecule has 1 unspecified atom stereocenters. The lowest BCUT2D eigenvalue weighted by atomic mass is 9.61. The van der Waals surface area contributed by atoms with Crippen LogP contribution < -0.4 is 5.32 Å². The second-order valence-electron chi connectivity index (χ2n) is 9.26.